The lowest BCUT2D eigenvalue weighted by molar-refractivity contribution is -0.113. The van der Waals surface area contributed by atoms with Crippen molar-refractivity contribution in [3.05, 3.63) is 72.4 Å². The van der Waals surface area contributed by atoms with Crippen LogP contribution in [0, 0.1) is 5.82 Å². The Labute approximate surface area is 193 Å². The molecule has 1 N–H and O–H groups in total. The second-order valence-electron chi connectivity index (χ2n) is 6.89. The lowest BCUT2D eigenvalue weighted by atomic mass is 10.2. The zero-order valence-corrected chi connectivity index (χ0v) is 18.8. The van der Waals surface area contributed by atoms with Gasteiger partial charge in [0.2, 0.25) is 5.91 Å². The number of amides is 1. The molecule has 4 rings (SSSR count). The summed E-state index contributed by atoms with van der Waals surface area (Å²) in [5.74, 6) is 1.52. The number of anilines is 1. The molecular formula is C23H21FN4O4S. The number of rotatable bonds is 9. The number of nitrogens with one attached hydrogen (secondary N) is 1. The highest BCUT2D eigenvalue weighted by Crippen LogP contribution is 2.28. The predicted octanol–water partition coefficient (Wildman–Crippen LogP) is 4.47. The fourth-order valence-corrected chi connectivity index (χ4v) is 3.88. The van der Waals surface area contributed by atoms with Gasteiger partial charge in [-0.05, 0) is 24.3 Å². The van der Waals surface area contributed by atoms with Crippen molar-refractivity contribution in [2.75, 3.05) is 25.3 Å². The van der Waals surface area contributed by atoms with Crippen LogP contribution in [-0.2, 0) is 11.3 Å². The molecule has 0 unspecified atom stereocenters. The summed E-state index contributed by atoms with van der Waals surface area (Å²) in [5.41, 5.74) is 0.859. The number of hydrogen-bond acceptors (Lipinski definition) is 7. The van der Waals surface area contributed by atoms with E-state index in [1.807, 2.05) is 6.07 Å². The number of thioether (sulfide) groups is 1. The van der Waals surface area contributed by atoms with Crippen molar-refractivity contribution in [3.8, 4) is 22.9 Å². The minimum Gasteiger partial charge on any atom is -0.497 e. The van der Waals surface area contributed by atoms with Gasteiger partial charge in [-0.3, -0.25) is 9.36 Å². The highest BCUT2D eigenvalue weighted by Gasteiger charge is 2.19. The summed E-state index contributed by atoms with van der Waals surface area (Å²) < 4.78 is 32.1. The van der Waals surface area contributed by atoms with Crippen molar-refractivity contribution in [2.24, 2.45) is 0 Å². The Morgan fingerprint density at radius 1 is 1.09 bits per heavy atom. The van der Waals surface area contributed by atoms with E-state index in [1.54, 1.807) is 53.3 Å². The third-order valence-corrected chi connectivity index (χ3v) is 5.66. The highest BCUT2D eigenvalue weighted by atomic mass is 32.2. The summed E-state index contributed by atoms with van der Waals surface area (Å²) in [5, 5.41) is 11.7. The van der Waals surface area contributed by atoms with Crippen LogP contribution < -0.4 is 14.8 Å². The predicted molar refractivity (Wildman–Crippen MR) is 122 cm³/mol. The van der Waals surface area contributed by atoms with E-state index in [1.165, 1.54) is 32.0 Å². The number of hydrogen-bond donors (Lipinski definition) is 1. The summed E-state index contributed by atoms with van der Waals surface area (Å²) in [4.78, 5) is 12.6. The number of aromatic nitrogens is 3. The van der Waals surface area contributed by atoms with Gasteiger partial charge in [-0.2, -0.15) is 0 Å². The Morgan fingerprint density at radius 3 is 2.52 bits per heavy atom. The SMILES string of the molecule is COc1cc(NC(=O)CSc2nnc(-c3ccccc3F)n2Cc2ccco2)cc(OC)c1. The van der Waals surface area contributed by atoms with E-state index in [4.69, 9.17) is 13.9 Å². The van der Waals surface area contributed by atoms with E-state index in [9.17, 15) is 9.18 Å². The first-order valence-electron chi connectivity index (χ1n) is 9.93. The van der Waals surface area contributed by atoms with Crippen molar-refractivity contribution in [1.29, 1.82) is 0 Å². The third kappa shape index (κ3) is 5.35. The summed E-state index contributed by atoms with van der Waals surface area (Å²) in [6, 6.07) is 15.0. The third-order valence-electron chi connectivity index (χ3n) is 4.69. The van der Waals surface area contributed by atoms with Crippen molar-refractivity contribution in [3.63, 3.8) is 0 Å². The van der Waals surface area contributed by atoms with Gasteiger partial charge >= 0.3 is 0 Å². The number of carbonyl (C=O) groups is 1. The molecule has 0 aliphatic rings. The van der Waals surface area contributed by atoms with Crippen molar-refractivity contribution < 1.29 is 23.1 Å². The second kappa shape index (κ2) is 10.2. The molecule has 0 bridgehead atoms. The van der Waals surface area contributed by atoms with E-state index in [-0.39, 0.29) is 11.7 Å². The molecule has 1 amide bonds. The maximum atomic E-state index is 14.4. The maximum absolute atomic E-state index is 14.4. The number of furan rings is 1. The summed E-state index contributed by atoms with van der Waals surface area (Å²) >= 11 is 1.19. The Bertz CT molecular complexity index is 1220. The van der Waals surface area contributed by atoms with Crippen LogP contribution in [0.3, 0.4) is 0 Å². The topological polar surface area (TPSA) is 91.4 Å². The fraction of sp³-hybridized carbons (Fsp3) is 0.174. The van der Waals surface area contributed by atoms with Gasteiger partial charge in [0.15, 0.2) is 11.0 Å². The van der Waals surface area contributed by atoms with Crippen LogP contribution in [0.2, 0.25) is 0 Å². The van der Waals surface area contributed by atoms with Crippen LogP contribution in [0.1, 0.15) is 5.76 Å². The van der Waals surface area contributed by atoms with Crippen molar-refractivity contribution >= 4 is 23.4 Å². The fourth-order valence-electron chi connectivity index (χ4n) is 3.14. The van der Waals surface area contributed by atoms with Crippen LogP contribution in [0.15, 0.2) is 70.4 Å². The molecule has 2 heterocycles. The number of carbonyl (C=O) groups excluding carboxylic acids is 1. The van der Waals surface area contributed by atoms with E-state index in [2.05, 4.69) is 15.5 Å². The summed E-state index contributed by atoms with van der Waals surface area (Å²) in [6.45, 7) is 0.292. The lowest BCUT2D eigenvalue weighted by Crippen LogP contribution is -2.15. The van der Waals surface area contributed by atoms with Crippen LogP contribution in [-0.4, -0.2) is 40.6 Å². The van der Waals surface area contributed by atoms with Gasteiger partial charge in [0.05, 0.1) is 38.3 Å². The molecule has 2 aromatic carbocycles. The van der Waals surface area contributed by atoms with E-state index in [0.717, 1.165) is 0 Å². The monoisotopic (exact) mass is 468 g/mol. The van der Waals surface area contributed by atoms with Gasteiger partial charge in [0.25, 0.3) is 0 Å². The van der Waals surface area contributed by atoms with Gasteiger partial charge in [0.1, 0.15) is 23.1 Å². The van der Waals surface area contributed by atoms with E-state index >= 15 is 0 Å². The quantitative estimate of drug-likeness (QED) is 0.362. The molecule has 10 heteroatoms. The van der Waals surface area contributed by atoms with Crippen LogP contribution in [0.25, 0.3) is 11.4 Å². The Balaban J connectivity index is 1.53. The molecule has 33 heavy (non-hydrogen) atoms. The van der Waals surface area contributed by atoms with Gasteiger partial charge in [0, 0.05) is 23.9 Å². The van der Waals surface area contributed by atoms with Crippen LogP contribution in [0.4, 0.5) is 10.1 Å². The first-order valence-corrected chi connectivity index (χ1v) is 10.9. The first kappa shape index (κ1) is 22.4. The molecule has 0 aliphatic heterocycles. The average Bonchev–Trinajstić information content (AvgIpc) is 3.48. The van der Waals surface area contributed by atoms with Crippen molar-refractivity contribution in [2.45, 2.75) is 11.7 Å². The van der Waals surface area contributed by atoms with Gasteiger partial charge in [-0.15, -0.1) is 10.2 Å². The van der Waals surface area contributed by atoms with E-state index in [0.29, 0.717) is 46.0 Å². The number of methoxy groups -OCH3 is 2. The molecule has 2 aromatic heterocycles. The molecule has 170 valence electrons. The summed E-state index contributed by atoms with van der Waals surface area (Å²) in [6.07, 6.45) is 1.56. The lowest BCUT2D eigenvalue weighted by Gasteiger charge is -2.11. The zero-order chi connectivity index (χ0) is 23.2. The molecule has 0 radical (unpaired) electrons. The minimum absolute atomic E-state index is 0.0626. The Morgan fingerprint density at radius 2 is 1.85 bits per heavy atom. The van der Waals surface area contributed by atoms with Gasteiger partial charge < -0.3 is 19.2 Å². The number of benzene rings is 2. The highest BCUT2D eigenvalue weighted by molar-refractivity contribution is 7.99. The van der Waals surface area contributed by atoms with Gasteiger partial charge in [-0.1, -0.05) is 23.9 Å². The molecule has 0 saturated carbocycles. The van der Waals surface area contributed by atoms with E-state index < -0.39 is 5.82 Å². The Hall–Kier alpha value is -3.79. The molecular weight excluding hydrogens is 447 g/mol. The average molecular weight is 469 g/mol. The molecule has 0 aliphatic carbocycles. The number of ether oxygens (including phenoxy) is 2. The maximum Gasteiger partial charge on any atom is 0.234 e. The first-order chi connectivity index (χ1) is 16.1. The Kier molecular flexibility index (Phi) is 6.94. The standard InChI is InChI=1S/C23H21FN4O4S/c1-30-17-10-15(11-18(12-17)31-2)25-21(29)14-33-23-27-26-22(19-7-3-4-8-20(19)24)28(23)13-16-6-5-9-32-16/h3-12H,13-14H2,1-2H3,(H,25,29). The molecule has 0 spiro atoms. The smallest absolute Gasteiger partial charge is 0.234 e. The molecule has 4 aromatic rings. The summed E-state index contributed by atoms with van der Waals surface area (Å²) in [7, 11) is 3.07. The number of nitrogens with zero attached hydrogens (tertiary/aromatic N) is 3. The molecule has 0 atom stereocenters. The zero-order valence-electron chi connectivity index (χ0n) is 17.9. The van der Waals surface area contributed by atoms with Crippen LogP contribution >= 0.6 is 11.8 Å². The second-order valence-corrected chi connectivity index (χ2v) is 7.83. The van der Waals surface area contributed by atoms with Crippen LogP contribution in [0.5, 0.6) is 11.5 Å². The largest absolute Gasteiger partial charge is 0.497 e. The number of halogens is 1. The normalized spacial score (nSPS) is 10.8. The van der Waals surface area contributed by atoms with Gasteiger partial charge in [-0.25, -0.2) is 4.39 Å². The molecule has 0 saturated heterocycles. The van der Waals surface area contributed by atoms with Crippen molar-refractivity contribution in [1.82, 2.24) is 14.8 Å². The molecule has 0 fully saturated rings. The minimum atomic E-state index is -0.410. The molecule has 8 nitrogen and oxygen atoms in total.